The lowest BCUT2D eigenvalue weighted by Gasteiger charge is -2.27. The van der Waals surface area contributed by atoms with Crippen molar-refractivity contribution < 1.29 is 4.42 Å². The van der Waals surface area contributed by atoms with E-state index in [2.05, 4.69) is 205 Å². The van der Waals surface area contributed by atoms with Crippen LogP contribution in [0, 0.1) is 0 Å². The van der Waals surface area contributed by atoms with Crippen molar-refractivity contribution in [3.8, 4) is 33.4 Å². The number of benzene rings is 8. The van der Waals surface area contributed by atoms with E-state index in [1.807, 2.05) is 0 Å². The maximum atomic E-state index is 6.25. The number of aromatic nitrogens is 1. The molecule has 0 N–H and O–H groups in total. The van der Waals surface area contributed by atoms with Gasteiger partial charge in [-0.3, -0.25) is 0 Å². The van der Waals surface area contributed by atoms with Gasteiger partial charge in [-0.15, -0.1) is 0 Å². The van der Waals surface area contributed by atoms with Crippen molar-refractivity contribution in [1.29, 1.82) is 0 Å². The fraction of sp³-hybridized carbons (Fsp3) is 0.0877. The van der Waals surface area contributed by atoms with Gasteiger partial charge in [0.15, 0.2) is 0 Å². The van der Waals surface area contributed by atoms with Gasteiger partial charge in [0, 0.05) is 55.7 Å². The van der Waals surface area contributed by atoms with Gasteiger partial charge < -0.3 is 13.7 Å². The molecule has 0 unspecified atom stereocenters. The molecule has 0 bridgehead atoms. The molecule has 2 aliphatic rings. The Balaban J connectivity index is 0.973. The average Bonchev–Trinajstić information content (AvgIpc) is 4.02. The number of aryl methyl sites for hydroxylation is 1. The quantitative estimate of drug-likeness (QED) is 0.174. The van der Waals surface area contributed by atoms with Crippen molar-refractivity contribution >= 4 is 72.2 Å². The maximum Gasteiger partial charge on any atom is 0.134 e. The second-order valence-electron chi connectivity index (χ2n) is 17.2. The highest BCUT2D eigenvalue weighted by Crippen LogP contribution is 2.51. The van der Waals surface area contributed by atoms with E-state index in [4.69, 9.17) is 4.42 Å². The third kappa shape index (κ3) is 4.66. The Morgan fingerprint density at radius 2 is 1.17 bits per heavy atom. The Morgan fingerprint density at radius 3 is 1.95 bits per heavy atom. The first-order chi connectivity index (χ1) is 29.5. The average molecular weight is 769 g/mol. The zero-order valence-electron chi connectivity index (χ0n) is 33.5. The van der Waals surface area contributed by atoms with E-state index in [0.29, 0.717) is 0 Å². The summed E-state index contributed by atoms with van der Waals surface area (Å²) < 4.78 is 8.72. The van der Waals surface area contributed by atoms with E-state index in [1.165, 1.54) is 93.6 Å². The van der Waals surface area contributed by atoms with Gasteiger partial charge >= 0.3 is 0 Å². The highest BCUT2D eigenvalue weighted by Gasteiger charge is 2.35. The summed E-state index contributed by atoms with van der Waals surface area (Å²) in [5, 5.41) is 6.26. The van der Waals surface area contributed by atoms with Crippen LogP contribution in [0.1, 0.15) is 42.7 Å². The van der Waals surface area contributed by atoms with Gasteiger partial charge in [-0.25, -0.2) is 0 Å². The Labute approximate surface area is 348 Å². The molecular weight excluding hydrogens is 729 g/mol. The predicted molar refractivity (Wildman–Crippen MR) is 251 cm³/mol. The fourth-order valence-electron chi connectivity index (χ4n) is 10.7. The third-order valence-electron chi connectivity index (χ3n) is 13.6. The molecule has 2 aliphatic carbocycles. The molecule has 3 heteroatoms. The Hall–Kier alpha value is -7.36. The number of allylic oxidation sites excluding steroid dienone is 1. The van der Waals surface area contributed by atoms with Crippen LogP contribution < -0.4 is 4.90 Å². The second-order valence-corrected chi connectivity index (χ2v) is 17.2. The summed E-state index contributed by atoms with van der Waals surface area (Å²) in [7, 11) is 0. The molecule has 0 spiro atoms. The molecule has 8 aromatic carbocycles. The molecule has 13 rings (SSSR count). The summed E-state index contributed by atoms with van der Waals surface area (Å²) in [6, 6.07) is 63.2. The molecule has 3 aromatic heterocycles. The molecule has 0 saturated carbocycles. The van der Waals surface area contributed by atoms with E-state index >= 15 is 0 Å². The summed E-state index contributed by atoms with van der Waals surface area (Å²) in [5.41, 5.74) is 19.6. The van der Waals surface area contributed by atoms with Gasteiger partial charge in [-0.05, 0) is 112 Å². The molecule has 0 radical (unpaired) electrons. The maximum absolute atomic E-state index is 6.25. The first-order valence-corrected chi connectivity index (χ1v) is 21.1. The van der Waals surface area contributed by atoms with Gasteiger partial charge in [0.1, 0.15) is 11.3 Å². The topological polar surface area (TPSA) is 20.8 Å². The number of hydrogen-bond acceptors (Lipinski definition) is 2. The summed E-state index contributed by atoms with van der Waals surface area (Å²) in [4.78, 5) is 2.45. The van der Waals surface area contributed by atoms with Crippen molar-refractivity contribution in [1.82, 2.24) is 4.40 Å². The minimum atomic E-state index is -0.0139. The molecule has 0 atom stereocenters. The number of nitrogens with zero attached hydrogens (tertiary/aromatic N) is 2. The van der Waals surface area contributed by atoms with Crippen LogP contribution in [0.4, 0.5) is 17.1 Å². The number of fused-ring (bicyclic) bond motifs is 12. The predicted octanol–water partition coefficient (Wildman–Crippen LogP) is 15.7. The highest BCUT2D eigenvalue weighted by atomic mass is 16.3. The third-order valence-corrected chi connectivity index (χ3v) is 13.6. The van der Waals surface area contributed by atoms with Crippen LogP contribution in [0.15, 0.2) is 180 Å². The SMILES string of the molecule is CC1(C)c2ccccc2-c2cc(-c3ccc(N(c4ccc(-c5ccc6oc7c(c6c5)C=CCC7)cc4)c4ccc5c6ccccc6n6c7ccccc7c4c56)cc3)ccc21. The lowest BCUT2D eigenvalue weighted by molar-refractivity contribution is 0.546. The molecular formula is C57H40N2O. The van der Waals surface area contributed by atoms with Gasteiger partial charge in [0.05, 0.1) is 22.2 Å². The fourth-order valence-corrected chi connectivity index (χ4v) is 10.7. The van der Waals surface area contributed by atoms with E-state index in [-0.39, 0.29) is 5.41 Å². The molecule has 0 aliphatic heterocycles. The van der Waals surface area contributed by atoms with Crippen LogP contribution in [0.5, 0.6) is 0 Å². The van der Waals surface area contributed by atoms with Crippen molar-refractivity contribution in [3.05, 3.63) is 198 Å². The van der Waals surface area contributed by atoms with Crippen LogP contribution in [0.2, 0.25) is 0 Å². The van der Waals surface area contributed by atoms with E-state index in [0.717, 1.165) is 41.2 Å². The van der Waals surface area contributed by atoms with Crippen molar-refractivity contribution in [2.24, 2.45) is 0 Å². The standard InChI is InChI=1S/C57H40N2O/c1-57(2)48-15-7-3-11-41(48)46-33-37(23-30-49(46)57)35-19-25-39(26-20-35)58(40-27-21-36(22-28-40)38-24-32-54-47(34-38)43-13-6-10-18-53(43)60-54)52-31-29-44-42-12-4-8-16-50(42)59-51-17-9-5-14-45(51)55(52)56(44)59/h3-9,11-17,19-34H,10,18H2,1-2H3. The van der Waals surface area contributed by atoms with Gasteiger partial charge in [0.25, 0.3) is 0 Å². The largest absolute Gasteiger partial charge is 0.460 e. The summed E-state index contributed by atoms with van der Waals surface area (Å²) in [6.45, 7) is 4.69. The van der Waals surface area contributed by atoms with Crippen LogP contribution in [0.3, 0.4) is 0 Å². The molecule has 284 valence electrons. The van der Waals surface area contributed by atoms with E-state index in [1.54, 1.807) is 0 Å². The molecule has 0 amide bonds. The number of rotatable bonds is 5. The number of furan rings is 1. The minimum Gasteiger partial charge on any atom is -0.460 e. The zero-order chi connectivity index (χ0) is 39.7. The highest BCUT2D eigenvalue weighted by molar-refractivity contribution is 6.27. The van der Waals surface area contributed by atoms with E-state index < -0.39 is 0 Å². The minimum absolute atomic E-state index is 0.0139. The lowest BCUT2D eigenvalue weighted by atomic mass is 9.82. The number of anilines is 3. The number of hydrogen-bond donors (Lipinski definition) is 0. The summed E-state index contributed by atoms with van der Waals surface area (Å²) in [5.74, 6) is 1.10. The second kappa shape index (κ2) is 12.3. The summed E-state index contributed by atoms with van der Waals surface area (Å²) >= 11 is 0. The van der Waals surface area contributed by atoms with Crippen LogP contribution >= 0.6 is 0 Å². The van der Waals surface area contributed by atoms with Crippen molar-refractivity contribution in [2.75, 3.05) is 4.90 Å². The van der Waals surface area contributed by atoms with Crippen molar-refractivity contribution in [2.45, 2.75) is 32.1 Å². The van der Waals surface area contributed by atoms with Crippen molar-refractivity contribution in [3.63, 3.8) is 0 Å². The molecule has 0 fully saturated rings. The van der Waals surface area contributed by atoms with Gasteiger partial charge in [0.2, 0.25) is 0 Å². The van der Waals surface area contributed by atoms with Crippen LogP contribution in [-0.4, -0.2) is 4.40 Å². The zero-order valence-corrected chi connectivity index (χ0v) is 33.5. The first kappa shape index (κ1) is 33.6. The number of para-hydroxylation sites is 2. The normalized spacial score (nSPS) is 14.1. The van der Waals surface area contributed by atoms with E-state index in [9.17, 15) is 0 Å². The van der Waals surface area contributed by atoms with Gasteiger partial charge in [-0.2, -0.15) is 0 Å². The molecule has 0 saturated heterocycles. The monoisotopic (exact) mass is 768 g/mol. The lowest BCUT2D eigenvalue weighted by Crippen LogP contribution is -2.14. The Morgan fingerprint density at radius 1 is 0.533 bits per heavy atom. The molecule has 3 heterocycles. The Bertz CT molecular complexity index is 3560. The molecule has 60 heavy (non-hydrogen) atoms. The molecule has 3 nitrogen and oxygen atoms in total. The Kier molecular flexibility index (Phi) is 6.90. The van der Waals surface area contributed by atoms with Crippen LogP contribution in [0.25, 0.3) is 88.5 Å². The smallest absolute Gasteiger partial charge is 0.134 e. The molecule has 11 aromatic rings. The van der Waals surface area contributed by atoms with Crippen LogP contribution in [-0.2, 0) is 11.8 Å². The van der Waals surface area contributed by atoms with Gasteiger partial charge in [-0.1, -0.05) is 135 Å². The summed E-state index contributed by atoms with van der Waals surface area (Å²) in [6.07, 6.45) is 6.47. The first-order valence-electron chi connectivity index (χ1n) is 21.1.